The highest BCUT2D eigenvalue weighted by Crippen LogP contribution is 2.26. The number of benzene rings is 1. The van der Waals surface area contributed by atoms with E-state index in [4.69, 9.17) is 9.47 Å². The molecular formula is C12H15NO3. The first kappa shape index (κ1) is 10.8. The topological polar surface area (TPSA) is 47.6 Å². The molecule has 0 spiro atoms. The van der Waals surface area contributed by atoms with Gasteiger partial charge in [0, 0.05) is 6.42 Å². The molecule has 4 nitrogen and oxygen atoms in total. The van der Waals surface area contributed by atoms with Crippen molar-refractivity contribution in [2.24, 2.45) is 0 Å². The Morgan fingerprint density at radius 1 is 1.50 bits per heavy atom. The van der Waals surface area contributed by atoms with Crippen LogP contribution in [0, 0.1) is 6.92 Å². The summed E-state index contributed by atoms with van der Waals surface area (Å²) in [6.45, 7) is 2.46. The van der Waals surface area contributed by atoms with Crippen LogP contribution in [0.3, 0.4) is 0 Å². The molecule has 0 unspecified atom stereocenters. The summed E-state index contributed by atoms with van der Waals surface area (Å²) in [6.07, 6.45) is 0.439. The summed E-state index contributed by atoms with van der Waals surface area (Å²) in [4.78, 5) is 11.1. The minimum atomic E-state index is -0.351. The number of nitrogens with one attached hydrogen (secondary N) is 1. The number of cyclic esters (lactones) is 1. The molecule has 0 saturated carbocycles. The van der Waals surface area contributed by atoms with Gasteiger partial charge < -0.3 is 14.8 Å². The minimum absolute atomic E-state index is 0.0238. The summed E-state index contributed by atoms with van der Waals surface area (Å²) >= 11 is 0. The summed E-state index contributed by atoms with van der Waals surface area (Å²) in [6, 6.07) is 5.99. The lowest BCUT2D eigenvalue weighted by Crippen LogP contribution is -2.35. The van der Waals surface area contributed by atoms with Crippen molar-refractivity contribution in [1.29, 1.82) is 0 Å². The lowest BCUT2D eigenvalue weighted by atomic mass is 10.0. The Balaban J connectivity index is 2.22. The Bertz CT molecular complexity index is 403. The summed E-state index contributed by atoms with van der Waals surface area (Å²) in [7, 11) is 1.65. The van der Waals surface area contributed by atoms with Crippen molar-refractivity contribution in [3.8, 4) is 5.75 Å². The second-order valence-corrected chi connectivity index (χ2v) is 3.85. The molecule has 1 saturated heterocycles. The number of hydrogen-bond acceptors (Lipinski definition) is 3. The molecule has 16 heavy (non-hydrogen) atoms. The zero-order chi connectivity index (χ0) is 11.5. The van der Waals surface area contributed by atoms with Crippen LogP contribution in [-0.4, -0.2) is 19.8 Å². The molecule has 1 aromatic rings. The van der Waals surface area contributed by atoms with Gasteiger partial charge in [-0.3, -0.25) is 0 Å². The molecule has 1 aliphatic rings. The van der Waals surface area contributed by atoms with Crippen LogP contribution in [0.4, 0.5) is 4.79 Å². The highest BCUT2D eigenvalue weighted by molar-refractivity contribution is 5.68. The van der Waals surface area contributed by atoms with E-state index in [-0.39, 0.29) is 12.1 Å². The fourth-order valence-corrected chi connectivity index (χ4v) is 1.83. The van der Waals surface area contributed by atoms with Gasteiger partial charge in [-0.2, -0.15) is 0 Å². The molecule has 1 atom stereocenters. The van der Waals surface area contributed by atoms with E-state index in [1.807, 2.05) is 25.1 Å². The first-order valence-corrected chi connectivity index (χ1v) is 5.28. The van der Waals surface area contributed by atoms with Crippen molar-refractivity contribution >= 4 is 6.09 Å². The maximum Gasteiger partial charge on any atom is 0.407 e. The Morgan fingerprint density at radius 3 is 3.00 bits per heavy atom. The number of alkyl carbamates (subject to hydrolysis) is 1. The Hall–Kier alpha value is -1.71. The maximum absolute atomic E-state index is 11.1. The van der Waals surface area contributed by atoms with E-state index in [9.17, 15) is 4.79 Å². The van der Waals surface area contributed by atoms with Crippen LogP contribution in [0.25, 0.3) is 0 Å². The smallest absolute Gasteiger partial charge is 0.407 e. The van der Waals surface area contributed by atoms with Gasteiger partial charge in [0.15, 0.2) is 0 Å². The molecule has 0 aromatic heterocycles. The van der Waals surface area contributed by atoms with Crippen LogP contribution in [0.15, 0.2) is 18.2 Å². The van der Waals surface area contributed by atoms with Gasteiger partial charge in [-0.1, -0.05) is 12.1 Å². The molecule has 0 bridgehead atoms. The average molecular weight is 221 g/mol. The van der Waals surface area contributed by atoms with Crippen molar-refractivity contribution in [2.75, 3.05) is 13.7 Å². The van der Waals surface area contributed by atoms with Crippen molar-refractivity contribution < 1.29 is 14.3 Å². The van der Waals surface area contributed by atoms with Crippen LogP contribution >= 0.6 is 0 Å². The summed E-state index contributed by atoms with van der Waals surface area (Å²) < 4.78 is 10.1. The van der Waals surface area contributed by atoms with Crippen LogP contribution in [-0.2, 0) is 4.74 Å². The SMILES string of the molecule is COc1cc([C@H]2CCOC(=O)N2)ccc1C. The number of carbonyl (C=O) groups is 1. The third-order valence-electron chi connectivity index (χ3n) is 2.77. The third kappa shape index (κ3) is 2.10. The lowest BCUT2D eigenvalue weighted by molar-refractivity contribution is 0.115. The fraction of sp³-hybridized carbons (Fsp3) is 0.417. The van der Waals surface area contributed by atoms with E-state index < -0.39 is 0 Å². The van der Waals surface area contributed by atoms with E-state index in [1.165, 1.54) is 0 Å². The zero-order valence-electron chi connectivity index (χ0n) is 9.45. The quantitative estimate of drug-likeness (QED) is 0.832. The molecule has 1 amide bonds. The number of rotatable bonds is 2. The standard InChI is InChI=1S/C12H15NO3/c1-8-3-4-9(7-11(8)15-2)10-5-6-16-12(14)13-10/h3-4,7,10H,5-6H2,1-2H3,(H,13,14)/t10-/m1/s1. The highest BCUT2D eigenvalue weighted by atomic mass is 16.5. The Kier molecular flexibility index (Phi) is 2.99. The van der Waals surface area contributed by atoms with E-state index in [0.717, 1.165) is 23.3 Å². The predicted octanol–water partition coefficient (Wildman–Crippen LogP) is 2.17. The molecule has 1 N–H and O–H groups in total. The normalized spacial score (nSPS) is 19.9. The number of aryl methyl sites for hydroxylation is 1. The number of methoxy groups -OCH3 is 1. The van der Waals surface area contributed by atoms with Gasteiger partial charge in [0.25, 0.3) is 0 Å². The summed E-state index contributed by atoms with van der Waals surface area (Å²) in [5, 5.41) is 2.79. The monoisotopic (exact) mass is 221 g/mol. The average Bonchev–Trinajstić information content (AvgIpc) is 2.29. The Morgan fingerprint density at radius 2 is 2.31 bits per heavy atom. The van der Waals surface area contributed by atoms with E-state index in [0.29, 0.717) is 6.61 Å². The van der Waals surface area contributed by atoms with Crippen molar-refractivity contribution in [2.45, 2.75) is 19.4 Å². The van der Waals surface area contributed by atoms with Crippen LogP contribution in [0.1, 0.15) is 23.6 Å². The second-order valence-electron chi connectivity index (χ2n) is 3.85. The van der Waals surface area contributed by atoms with E-state index >= 15 is 0 Å². The molecule has 0 radical (unpaired) electrons. The minimum Gasteiger partial charge on any atom is -0.496 e. The van der Waals surface area contributed by atoms with Gasteiger partial charge >= 0.3 is 6.09 Å². The molecule has 1 heterocycles. The third-order valence-corrected chi connectivity index (χ3v) is 2.77. The summed E-state index contributed by atoms with van der Waals surface area (Å²) in [5.41, 5.74) is 2.14. The molecule has 86 valence electrons. The van der Waals surface area contributed by atoms with E-state index in [1.54, 1.807) is 7.11 Å². The van der Waals surface area contributed by atoms with Crippen LogP contribution in [0.5, 0.6) is 5.75 Å². The molecule has 1 aromatic carbocycles. The maximum atomic E-state index is 11.1. The van der Waals surface area contributed by atoms with Gasteiger partial charge in [0.1, 0.15) is 5.75 Å². The number of ether oxygens (including phenoxy) is 2. The van der Waals surface area contributed by atoms with Gasteiger partial charge in [0.05, 0.1) is 19.8 Å². The molecule has 2 rings (SSSR count). The first-order valence-electron chi connectivity index (χ1n) is 5.28. The molecule has 1 fully saturated rings. The van der Waals surface area contributed by atoms with Crippen molar-refractivity contribution in [3.05, 3.63) is 29.3 Å². The molecule has 0 aliphatic carbocycles. The first-order chi connectivity index (χ1) is 7.70. The predicted molar refractivity (Wildman–Crippen MR) is 59.6 cm³/mol. The van der Waals surface area contributed by atoms with Crippen molar-refractivity contribution in [3.63, 3.8) is 0 Å². The summed E-state index contributed by atoms with van der Waals surface area (Å²) in [5.74, 6) is 0.846. The molecule has 1 aliphatic heterocycles. The highest BCUT2D eigenvalue weighted by Gasteiger charge is 2.21. The van der Waals surface area contributed by atoms with Crippen LogP contribution in [0.2, 0.25) is 0 Å². The molecular weight excluding hydrogens is 206 g/mol. The van der Waals surface area contributed by atoms with Gasteiger partial charge in [-0.15, -0.1) is 0 Å². The van der Waals surface area contributed by atoms with Gasteiger partial charge in [0.2, 0.25) is 0 Å². The largest absolute Gasteiger partial charge is 0.496 e. The number of carbonyl (C=O) groups excluding carboxylic acids is 1. The lowest BCUT2D eigenvalue weighted by Gasteiger charge is -2.24. The van der Waals surface area contributed by atoms with Gasteiger partial charge in [-0.25, -0.2) is 4.79 Å². The van der Waals surface area contributed by atoms with Crippen LogP contribution < -0.4 is 10.1 Å². The fourth-order valence-electron chi connectivity index (χ4n) is 1.83. The number of hydrogen-bond donors (Lipinski definition) is 1. The number of amides is 1. The van der Waals surface area contributed by atoms with Crippen molar-refractivity contribution in [1.82, 2.24) is 5.32 Å². The second kappa shape index (κ2) is 4.43. The van der Waals surface area contributed by atoms with Gasteiger partial charge in [-0.05, 0) is 24.1 Å². The molecule has 4 heteroatoms. The van der Waals surface area contributed by atoms with E-state index in [2.05, 4.69) is 5.32 Å². The zero-order valence-corrected chi connectivity index (χ0v) is 9.45. The Labute approximate surface area is 94.6 Å².